The summed E-state index contributed by atoms with van der Waals surface area (Å²) in [5, 5.41) is 11.7. The number of ether oxygens (including phenoxy) is 1. The zero-order valence-corrected chi connectivity index (χ0v) is 11.2. The van der Waals surface area contributed by atoms with Crippen molar-refractivity contribution in [2.24, 2.45) is 11.3 Å². The predicted molar refractivity (Wildman–Crippen MR) is 67.2 cm³/mol. The molecule has 1 aliphatic rings. The molecule has 1 rings (SSSR count). The van der Waals surface area contributed by atoms with Gasteiger partial charge in [-0.1, -0.05) is 0 Å². The predicted octanol–water partition coefficient (Wildman–Crippen LogP) is 1.42. The standard InChI is InChI=1S/C13H23NO4/c1-13(2,12(16)17)9-11(15)14-6-3-10-4-7-18-8-5-10/h10H,3-9H2,1-2H3,(H,14,15)(H,16,17). The van der Waals surface area contributed by atoms with Gasteiger partial charge in [0.25, 0.3) is 0 Å². The summed E-state index contributed by atoms with van der Waals surface area (Å²) in [7, 11) is 0. The van der Waals surface area contributed by atoms with Crippen LogP contribution in [0.15, 0.2) is 0 Å². The number of carboxylic acid groups (broad SMARTS) is 1. The molecule has 2 N–H and O–H groups in total. The van der Waals surface area contributed by atoms with Crippen LogP contribution in [0.5, 0.6) is 0 Å². The Labute approximate surface area is 108 Å². The van der Waals surface area contributed by atoms with E-state index in [1.807, 2.05) is 0 Å². The Morgan fingerprint density at radius 2 is 1.94 bits per heavy atom. The van der Waals surface area contributed by atoms with E-state index in [1.165, 1.54) is 0 Å². The van der Waals surface area contributed by atoms with Gasteiger partial charge in [-0.25, -0.2) is 0 Å². The van der Waals surface area contributed by atoms with Gasteiger partial charge >= 0.3 is 5.97 Å². The smallest absolute Gasteiger partial charge is 0.309 e. The Balaban J connectivity index is 2.18. The van der Waals surface area contributed by atoms with Crippen LogP contribution in [0.1, 0.15) is 39.5 Å². The molecule has 0 aliphatic carbocycles. The zero-order valence-electron chi connectivity index (χ0n) is 11.2. The topological polar surface area (TPSA) is 75.6 Å². The first-order chi connectivity index (χ1) is 8.42. The second kappa shape index (κ2) is 6.73. The van der Waals surface area contributed by atoms with Crippen molar-refractivity contribution < 1.29 is 19.4 Å². The van der Waals surface area contributed by atoms with Gasteiger partial charge in [0.1, 0.15) is 0 Å². The van der Waals surface area contributed by atoms with Gasteiger partial charge in [0.15, 0.2) is 0 Å². The number of carbonyl (C=O) groups excluding carboxylic acids is 1. The van der Waals surface area contributed by atoms with Gasteiger partial charge in [-0.05, 0) is 39.0 Å². The van der Waals surface area contributed by atoms with Gasteiger partial charge in [-0.15, -0.1) is 0 Å². The maximum atomic E-state index is 11.6. The number of hydrogen-bond acceptors (Lipinski definition) is 3. The number of amides is 1. The van der Waals surface area contributed by atoms with Crippen LogP contribution in [0.2, 0.25) is 0 Å². The third-order valence-electron chi connectivity index (χ3n) is 3.40. The average Bonchev–Trinajstić information content (AvgIpc) is 2.29. The summed E-state index contributed by atoms with van der Waals surface area (Å²) in [6, 6.07) is 0. The molecule has 0 atom stereocenters. The summed E-state index contributed by atoms with van der Waals surface area (Å²) in [5.74, 6) is -0.511. The number of carbonyl (C=O) groups is 2. The first-order valence-electron chi connectivity index (χ1n) is 6.49. The fraction of sp³-hybridized carbons (Fsp3) is 0.846. The van der Waals surface area contributed by atoms with Gasteiger partial charge in [0.2, 0.25) is 5.91 Å². The molecule has 0 unspecified atom stereocenters. The second-order valence-corrected chi connectivity index (χ2v) is 5.56. The molecule has 0 bridgehead atoms. The summed E-state index contributed by atoms with van der Waals surface area (Å²) in [6.07, 6.45) is 3.08. The van der Waals surface area contributed by atoms with Crippen molar-refractivity contribution in [3.8, 4) is 0 Å². The van der Waals surface area contributed by atoms with Crippen molar-refractivity contribution in [1.29, 1.82) is 0 Å². The molecule has 0 saturated carbocycles. The minimum atomic E-state index is -0.997. The number of carboxylic acids is 1. The monoisotopic (exact) mass is 257 g/mol. The summed E-state index contributed by atoms with van der Waals surface area (Å²) in [5.41, 5.74) is -0.997. The van der Waals surface area contributed by atoms with Gasteiger partial charge in [-0.3, -0.25) is 9.59 Å². The highest BCUT2D eigenvalue weighted by atomic mass is 16.5. The first kappa shape index (κ1) is 15.0. The first-order valence-corrected chi connectivity index (χ1v) is 6.49. The van der Waals surface area contributed by atoms with Gasteiger partial charge in [0, 0.05) is 26.2 Å². The lowest BCUT2D eigenvalue weighted by Crippen LogP contribution is -2.34. The number of rotatable bonds is 6. The highest BCUT2D eigenvalue weighted by molar-refractivity contribution is 5.84. The molecule has 0 aromatic heterocycles. The minimum Gasteiger partial charge on any atom is -0.481 e. The van der Waals surface area contributed by atoms with Crippen LogP contribution in [0, 0.1) is 11.3 Å². The molecule has 1 fully saturated rings. The highest BCUT2D eigenvalue weighted by Gasteiger charge is 2.30. The third kappa shape index (κ3) is 5.04. The molecule has 5 heteroatoms. The molecule has 0 radical (unpaired) electrons. The van der Waals surface area contributed by atoms with Gasteiger partial charge in [-0.2, -0.15) is 0 Å². The van der Waals surface area contributed by atoms with Crippen molar-refractivity contribution in [3.63, 3.8) is 0 Å². The lowest BCUT2D eigenvalue weighted by molar-refractivity contribution is -0.149. The van der Waals surface area contributed by atoms with Crippen LogP contribution in [0.3, 0.4) is 0 Å². The Morgan fingerprint density at radius 1 is 1.33 bits per heavy atom. The van der Waals surface area contributed by atoms with Crippen molar-refractivity contribution >= 4 is 11.9 Å². The largest absolute Gasteiger partial charge is 0.481 e. The maximum absolute atomic E-state index is 11.6. The Hall–Kier alpha value is -1.10. The van der Waals surface area contributed by atoms with E-state index in [0.29, 0.717) is 12.5 Å². The van der Waals surface area contributed by atoms with E-state index >= 15 is 0 Å². The van der Waals surface area contributed by atoms with E-state index in [-0.39, 0.29) is 12.3 Å². The molecule has 5 nitrogen and oxygen atoms in total. The molecular formula is C13H23NO4. The fourth-order valence-electron chi connectivity index (χ4n) is 1.99. The highest BCUT2D eigenvalue weighted by Crippen LogP contribution is 2.20. The van der Waals surface area contributed by atoms with E-state index in [4.69, 9.17) is 9.84 Å². The summed E-state index contributed by atoms with van der Waals surface area (Å²) >= 11 is 0. The van der Waals surface area contributed by atoms with Crippen LogP contribution in [0.25, 0.3) is 0 Å². The van der Waals surface area contributed by atoms with Crippen molar-refractivity contribution in [1.82, 2.24) is 5.32 Å². The molecular weight excluding hydrogens is 234 g/mol. The molecule has 0 aromatic carbocycles. The van der Waals surface area contributed by atoms with Gasteiger partial charge in [0.05, 0.1) is 5.41 Å². The molecule has 1 saturated heterocycles. The van der Waals surface area contributed by atoms with E-state index in [0.717, 1.165) is 32.5 Å². The number of aliphatic carboxylic acids is 1. The SMILES string of the molecule is CC(C)(CC(=O)NCCC1CCOCC1)C(=O)O. The van der Waals surface area contributed by atoms with E-state index in [1.54, 1.807) is 13.8 Å². The molecule has 104 valence electrons. The fourth-order valence-corrected chi connectivity index (χ4v) is 1.99. The van der Waals surface area contributed by atoms with Crippen LogP contribution in [-0.2, 0) is 14.3 Å². The van der Waals surface area contributed by atoms with E-state index < -0.39 is 11.4 Å². The van der Waals surface area contributed by atoms with Gasteiger partial charge < -0.3 is 15.2 Å². The molecule has 1 heterocycles. The van der Waals surface area contributed by atoms with Crippen molar-refractivity contribution in [2.45, 2.75) is 39.5 Å². The number of nitrogens with one attached hydrogen (secondary N) is 1. The van der Waals surface area contributed by atoms with Crippen LogP contribution in [-0.4, -0.2) is 36.7 Å². The van der Waals surface area contributed by atoms with Crippen molar-refractivity contribution in [2.75, 3.05) is 19.8 Å². The molecule has 1 amide bonds. The Kier molecular flexibility index (Phi) is 5.59. The quantitative estimate of drug-likeness (QED) is 0.754. The Bertz CT molecular complexity index is 295. The minimum absolute atomic E-state index is 0.0239. The van der Waals surface area contributed by atoms with E-state index in [2.05, 4.69) is 5.32 Å². The third-order valence-corrected chi connectivity index (χ3v) is 3.40. The zero-order chi connectivity index (χ0) is 13.6. The lowest BCUT2D eigenvalue weighted by atomic mass is 9.89. The van der Waals surface area contributed by atoms with Crippen LogP contribution >= 0.6 is 0 Å². The Morgan fingerprint density at radius 3 is 2.50 bits per heavy atom. The molecule has 0 aromatic rings. The molecule has 18 heavy (non-hydrogen) atoms. The normalized spacial score (nSPS) is 17.4. The summed E-state index contributed by atoms with van der Waals surface area (Å²) < 4.78 is 5.27. The molecule has 1 aliphatic heterocycles. The van der Waals surface area contributed by atoms with E-state index in [9.17, 15) is 9.59 Å². The summed E-state index contributed by atoms with van der Waals surface area (Å²) in [4.78, 5) is 22.5. The second-order valence-electron chi connectivity index (χ2n) is 5.56. The van der Waals surface area contributed by atoms with Crippen LogP contribution < -0.4 is 5.32 Å². The van der Waals surface area contributed by atoms with Crippen molar-refractivity contribution in [3.05, 3.63) is 0 Å². The molecule has 0 spiro atoms. The lowest BCUT2D eigenvalue weighted by Gasteiger charge is -2.22. The number of hydrogen-bond donors (Lipinski definition) is 2. The average molecular weight is 257 g/mol. The maximum Gasteiger partial charge on any atom is 0.309 e. The summed E-state index contributed by atoms with van der Waals surface area (Å²) in [6.45, 7) is 5.37. The van der Waals surface area contributed by atoms with Crippen LogP contribution in [0.4, 0.5) is 0 Å².